The minimum absolute atomic E-state index is 0.0699. The van der Waals surface area contributed by atoms with E-state index in [4.69, 9.17) is 20.1 Å². The number of ether oxygens (including phenoxy) is 3. The first-order chi connectivity index (χ1) is 6.92. The molecule has 0 aromatic rings. The van der Waals surface area contributed by atoms with Crippen LogP contribution in [0.5, 0.6) is 0 Å². The van der Waals surface area contributed by atoms with Gasteiger partial charge in [-0.3, -0.25) is 11.3 Å². The van der Waals surface area contributed by atoms with Gasteiger partial charge in [0, 0.05) is 12.5 Å². The molecular formula is C9H18N2O3. The fourth-order valence-electron chi connectivity index (χ4n) is 2.10. The molecule has 2 saturated heterocycles. The van der Waals surface area contributed by atoms with Crippen molar-refractivity contribution in [2.45, 2.75) is 18.6 Å². The Balaban J connectivity index is 1.89. The van der Waals surface area contributed by atoms with E-state index in [0.29, 0.717) is 25.7 Å². The molecule has 3 unspecified atom stereocenters. The predicted octanol–water partition coefficient (Wildman–Crippen LogP) is -0.730. The fourth-order valence-corrected chi connectivity index (χ4v) is 2.10. The van der Waals surface area contributed by atoms with E-state index in [2.05, 4.69) is 5.43 Å². The second kappa shape index (κ2) is 5.04. The van der Waals surface area contributed by atoms with Crippen LogP contribution >= 0.6 is 0 Å². The number of rotatable bonds is 3. The molecule has 3 N–H and O–H groups in total. The largest absolute Gasteiger partial charge is 0.381 e. The van der Waals surface area contributed by atoms with E-state index in [-0.39, 0.29) is 12.1 Å². The highest BCUT2D eigenvalue weighted by Gasteiger charge is 2.33. The second-order valence-corrected chi connectivity index (χ2v) is 3.80. The van der Waals surface area contributed by atoms with Crippen LogP contribution in [0, 0.1) is 5.92 Å². The van der Waals surface area contributed by atoms with Gasteiger partial charge >= 0.3 is 0 Å². The molecule has 0 amide bonds. The lowest BCUT2D eigenvalue weighted by Crippen LogP contribution is -2.53. The van der Waals surface area contributed by atoms with E-state index in [1.54, 1.807) is 0 Å². The van der Waals surface area contributed by atoms with Gasteiger partial charge in [-0.2, -0.15) is 0 Å². The number of hydrogen-bond donors (Lipinski definition) is 2. The van der Waals surface area contributed by atoms with Crippen molar-refractivity contribution in [2.24, 2.45) is 11.8 Å². The minimum Gasteiger partial charge on any atom is -0.381 e. The molecule has 82 valence electrons. The van der Waals surface area contributed by atoms with E-state index in [9.17, 15) is 0 Å². The lowest BCUT2D eigenvalue weighted by atomic mass is 9.95. The standard InChI is InChI=1S/C9H18N2O3/c10-11-9(7-1-2-12-5-7)8-6-13-3-4-14-8/h7-9,11H,1-6,10H2. The number of nitrogens with two attached hydrogens (primary N) is 1. The van der Waals surface area contributed by atoms with Crippen molar-refractivity contribution in [3.63, 3.8) is 0 Å². The molecular weight excluding hydrogens is 184 g/mol. The number of hydrogen-bond acceptors (Lipinski definition) is 5. The van der Waals surface area contributed by atoms with Crippen LogP contribution in [0.1, 0.15) is 6.42 Å². The van der Waals surface area contributed by atoms with Crippen LogP contribution in [0.2, 0.25) is 0 Å². The normalized spacial score (nSPS) is 35.8. The summed E-state index contributed by atoms with van der Waals surface area (Å²) in [7, 11) is 0. The highest BCUT2D eigenvalue weighted by molar-refractivity contribution is 4.85. The molecule has 0 aromatic carbocycles. The van der Waals surface area contributed by atoms with Crippen molar-refractivity contribution in [3.05, 3.63) is 0 Å². The molecule has 2 rings (SSSR count). The quantitative estimate of drug-likeness (QED) is 0.466. The summed E-state index contributed by atoms with van der Waals surface area (Å²) in [4.78, 5) is 0. The van der Waals surface area contributed by atoms with Crippen LogP contribution in [-0.2, 0) is 14.2 Å². The van der Waals surface area contributed by atoms with E-state index < -0.39 is 0 Å². The first-order valence-electron chi connectivity index (χ1n) is 5.15. The highest BCUT2D eigenvalue weighted by Crippen LogP contribution is 2.21. The maximum Gasteiger partial charge on any atom is 0.0979 e. The summed E-state index contributed by atoms with van der Waals surface area (Å²) < 4.78 is 16.3. The zero-order valence-electron chi connectivity index (χ0n) is 8.28. The predicted molar refractivity (Wildman–Crippen MR) is 50.6 cm³/mol. The number of nitrogens with one attached hydrogen (secondary N) is 1. The van der Waals surface area contributed by atoms with Gasteiger partial charge in [-0.1, -0.05) is 0 Å². The van der Waals surface area contributed by atoms with Gasteiger partial charge in [0.05, 0.1) is 38.6 Å². The van der Waals surface area contributed by atoms with Crippen molar-refractivity contribution in [2.75, 3.05) is 33.0 Å². The van der Waals surface area contributed by atoms with E-state index in [1.807, 2.05) is 0 Å². The van der Waals surface area contributed by atoms with Crippen molar-refractivity contribution in [1.82, 2.24) is 5.43 Å². The Morgan fingerprint density at radius 2 is 2.00 bits per heavy atom. The molecule has 2 fully saturated rings. The van der Waals surface area contributed by atoms with Gasteiger partial charge < -0.3 is 14.2 Å². The Kier molecular flexibility index (Phi) is 3.72. The molecule has 3 atom stereocenters. The average Bonchev–Trinajstić information content (AvgIpc) is 2.74. The van der Waals surface area contributed by atoms with Gasteiger partial charge in [-0.15, -0.1) is 0 Å². The van der Waals surface area contributed by atoms with Crippen molar-refractivity contribution >= 4 is 0 Å². The van der Waals surface area contributed by atoms with Crippen LogP contribution in [0.4, 0.5) is 0 Å². The third kappa shape index (κ3) is 2.24. The molecule has 5 nitrogen and oxygen atoms in total. The molecule has 0 spiro atoms. The topological polar surface area (TPSA) is 65.7 Å². The molecule has 14 heavy (non-hydrogen) atoms. The van der Waals surface area contributed by atoms with E-state index in [1.165, 1.54) is 0 Å². The lowest BCUT2D eigenvalue weighted by molar-refractivity contribution is -0.109. The first-order valence-corrected chi connectivity index (χ1v) is 5.15. The van der Waals surface area contributed by atoms with Crippen LogP contribution in [-0.4, -0.2) is 45.2 Å². The molecule has 0 aliphatic carbocycles. The molecule has 0 bridgehead atoms. The molecule has 2 heterocycles. The smallest absolute Gasteiger partial charge is 0.0979 e. The summed E-state index contributed by atoms with van der Waals surface area (Å²) in [6.45, 7) is 3.59. The van der Waals surface area contributed by atoms with Crippen LogP contribution < -0.4 is 11.3 Å². The summed E-state index contributed by atoms with van der Waals surface area (Å²) in [6, 6.07) is 0.151. The Morgan fingerprint density at radius 3 is 2.57 bits per heavy atom. The molecule has 2 aliphatic rings. The van der Waals surface area contributed by atoms with Gasteiger partial charge in [0.25, 0.3) is 0 Å². The molecule has 0 aromatic heterocycles. The SMILES string of the molecule is NNC(C1CCOC1)C1COCCO1. The van der Waals surface area contributed by atoms with E-state index in [0.717, 1.165) is 19.6 Å². The molecule has 0 saturated carbocycles. The monoisotopic (exact) mass is 202 g/mol. The van der Waals surface area contributed by atoms with Gasteiger partial charge in [0.1, 0.15) is 0 Å². The summed E-state index contributed by atoms with van der Waals surface area (Å²) in [5.74, 6) is 5.99. The Labute approximate surface area is 83.8 Å². The van der Waals surface area contributed by atoms with E-state index >= 15 is 0 Å². The van der Waals surface area contributed by atoms with Gasteiger partial charge in [0.15, 0.2) is 0 Å². The van der Waals surface area contributed by atoms with Gasteiger partial charge in [-0.05, 0) is 6.42 Å². The van der Waals surface area contributed by atoms with Crippen LogP contribution in [0.3, 0.4) is 0 Å². The molecule has 0 radical (unpaired) electrons. The Bertz CT molecular complexity index is 167. The maximum atomic E-state index is 5.62. The highest BCUT2D eigenvalue weighted by atomic mass is 16.6. The van der Waals surface area contributed by atoms with Crippen LogP contribution in [0.25, 0.3) is 0 Å². The third-order valence-corrected chi connectivity index (χ3v) is 2.91. The summed E-state index contributed by atoms with van der Waals surface area (Å²) in [5.41, 5.74) is 2.83. The second-order valence-electron chi connectivity index (χ2n) is 3.80. The Morgan fingerprint density at radius 1 is 1.14 bits per heavy atom. The third-order valence-electron chi connectivity index (χ3n) is 2.91. The van der Waals surface area contributed by atoms with Gasteiger partial charge in [-0.25, -0.2) is 0 Å². The maximum absolute atomic E-state index is 5.62. The molecule has 2 aliphatic heterocycles. The average molecular weight is 202 g/mol. The minimum atomic E-state index is 0.0699. The molecule has 5 heteroatoms. The zero-order valence-corrected chi connectivity index (χ0v) is 8.28. The summed E-state index contributed by atoms with van der Waals surface area (Å²) >= 11 is 0. The summed E-state index contributed by atoms with van der Waals surface area (Å²) in [6.07, 6.45) is 1.12. The lowest BCUT2D eigenvalue weighted by Gasteiger charge is -2.32. The van der Waals surface area contributed by atoms with Crippen molar-refractivity contribution < 1.29 is 14.2 Å². The van der Waals surface area contributed by atoms with Crippen molar-refractivity contribution in [3.8, 4) is 0 Å². The fraction of sp³-hybridized carbons (Fsp3) is 1.00. The zero-order chi connectivity index (χ0) is 9.80. The number of hydrazine groups is 1. The first kappa shape index (κ1) is 10.3. The summed E-state index contributed by atoms with van der Waals surface area (Å²) in [5, 5.41) is 0. The van der Waals surface area contributed by atoms with Gasteiger partial charge in [0.2, 0.25) is 0 Å². The van der Waals surface area contributed by atoms with Crippen molar-refractivity contribution in [1.29, 1.82) is 0 Å². The van der Waals surface area contributed by atoms with Crippen LogP contribution in [0.15, 0.2) is 0 Å². The Hall–Kier alpha value is -0.200.